The summed E-state index contributed by atoms with van der Waals surface area (Å²) in [6, 6.07) is 27.2. The van der Waals surface area contributed by atoms with Gasteiger partial charge < -0.3 is 13.9 Å². The van der Waals surface area contributed by atoms with Gasteiger partial charge in [0.15, 0.2) is 4.80 Å². The lowest BCUT2D eigenvalue weighted by Crippen LogP contribution is -2.40. The third-order valence-electron chi connectivity index (χ3n) is 7.78. The number of carbonyl (C=O) groups excluding carboxylic acids is 2. The van der Waals surface area contributed by atoms with E-state index in [2.05, 4.69) is 13.8 Å². The largest absolute Gasteiger partial charge is 0.465 e. The topological polar surface area (TPSA) is 100 Å². The number of esters is 2. The number of furan rings is 1. The predicted molar refractivity (Wildman–Crippen MR) is 177 cm³/mol. The lowest BCUT2D eigenvalue weighted by atomic mass is 9.91. The maximum Gasteiger partial charge on any atom is 0.338 e. The maximum atomic E-state index is 14.2. The third kappa shape index (κ3) is 5.89. The van der Waals surface area contributed by atoms with Crippen LogP contribution >= 0.6 is 11.3 Å². The van der Waals surface area contributed by atoms with Gasteiger partial charge >= 0.3 is 11.9 Å². The number of methoxy groups -OCH3 is 1. The Labute approximate surface area is 269 Å². The van der Waals surface area contributed by atoms with Crippen LogP contribution in [0.1, 0.15) is 65.5 Å². The van der Waals surface area contributed by atoms with Gasteiger partial charge in [-0.05, 0) is 48.2 Å². The Kier molecular flexibility index (Phi) is 8.68. The molecule has 5 aromatic rings. The molecule has 3 aromatic carbocycles. The molecule has 8 nitrogen and oxygen atoms in total. The van der Waals surface area contributed by atoms with Crippen LogP contribution in [0.15, 0.2) is 111 Å². The lowest BCUT2D eigenvalue weighted by Gasteiger charge is -2.26. The van der Waals surface area contributed by atoms with Crippen LogP contribution < -0.4 is 14.9 Å². The zero-order valence-electron chi connectivity index (χ0n) is 25.9. The number of rotatable bonds is 8. The van der Waals surface area contributed by atoms with Gasteiger partial charge in [0.25, 0.3) is 5.56 Å². The summed E-state index contributed by atoms with van der Waals surface area (Å²) in [5.41, 5.74) is 4.36. The second-order valence-corrected chi connectivity index (χ2v) is 12.0. The normalized spacial score (nSPS) is 14.6. The minimum atomic E-state index is -0.755. The molecular weight excluding hydrogens is 600 g/mol. The van der Waals surface area contributed by atoms with E-state index in [1.807, 2.05) is 60.7 Å². The summed E-state index contributed by atoms with van der Waals surface area (Å²) in [6.45, 7) is 6.17. The van der Waals surface area contributed by atoms with Gasteiger partial charge in [-0.15, -0.1) is 0 Å². The molecule has 232 valence electrons. The van der Waals surface area contributed by atoms with Gasteiger partial charge in [-0.25, -0.2) is 14.6 Å². The molecular formula is C37H32N2O6S. The van der Waals surface area contributed by atoms with Crippen LogP contribution in [0.5, 0.6) is 0 Å². The number of aromatic nitrogens is 1. The van der Waals surface area contributed by atoms with Crippen molar-refractivity contribution in [1.29, 1.82) is 0 Å². The Balaban J connectivity index is 1.50. The van der Waals surface area contributed by atoms with Crippen LogP contribution in [-0.4, -0.2) is 30.2 Å². The molecule has 2 aromatic heterocycles. The molecule has 0 fully saturated rings. The highest BCUT2D eigenvalue weighted by Crippen LogP contribution is 2.35. The summed E-state index contributed by atoms with van der Waals surface area (Å²) in [5.74, 6) is 0.432. The van der Waals surface area contributed by atoms with Crippen LogP contribution in [0.3, 0.4) is 0 Å². The molecule has 6 rings (SSSR count). The number of thiazole rings is 1. The number of hydrogen-bond donors (Lipinski definition) is 0. The third-order valence-corrected chi connectivity index (χ3v) is 8.77. The molecule has 46 heavy (non-hydrogen) atoms. The zero-order valence-corrected chi connectivity index (χ0v) is 26.7. The first-order valence-electron chi connectivity index (χ1n) is 15.0. The predicted octanol–water partition coefficient (Wildman–Crippen LogP) is 6.11. The van der Waals surface area contributed by atoms with Crippen molar-refractivity contribution in [2.45, 2.75) is 32.7 Å². The minimum absolute atomic E-state index is 0.181. The molecule has 0 saturated heterocycles. The second kappa shape index (κ2) is 13.0. The van der Waals surface area contributed by atoms with E-state index >= 15 is 0 Å². The molecule has 1 aliphatic heterocycles. The van der Waals surface area contributed by atoms with Crippen LogP contribution in [0.25, 0.3) is 23.1 Å². The number of benzene rings is 3. The summed E-state index contributed by atoms with van der Waals surface area (Å²) in [7, 11) is 1.34. The molecule has 0 radical (unpaired) electrons. The SMILES string of the molecule is CCOC(=O)C1=C(c2ccccc2)N=c2s/c(=C\c3ccc(-c4ccc(C(=O)OC)cc4)o3)c(=O)n2[C@H]1c1ccc(C(C)C)cc1. The average Bonchev–Trinajstić information content (AvgIpc) is 3.68. The van der Waals surface area contributed by atoms with Crippen LogP contribution in [0.2, 0.25) is 0 Å². The van der Waals surface area contributed by atoms with E-state index in [0.29, 0.717) is 43.6 Å². The van der Waals surface area contributed by atoms with Gasteiger partial charge in [0.1, 0.15) is 11.5 Å². The molecule has 1 atom stereocenters. The molecule has 1 aliphatic rings. The quantitative estimate of drug-likeness (QED) is 0.192. The maximum absolute atomic E-state index is 14.2. The van der Waals surface area contributed by atoms with Crippen molar-refractivity contribution in [3.8, 4) is 11.3 Å². The Hall–Kier alpha value is -5.28. The fourth-order valence-corrected chi connectivity index (χ4v) is 6.40. The van der Waals surface area contributed by atoms with E-state index in [9.17, 15) is 14.4 Å². The van der Waals surface area contributed by atoms with E-state index in [-0.39, 0.29) is 12.2 Å². The van der Waals surface area contributed by atoms with Gasteiger partial charge in [-0.2, -0.15) is 0 Å². The molecule has 3 heterocycles. The molecule has 0 aliphatic carbocycles. The second-order valence-electron chi connectivity index (χ2n) is 11.0. The van der Waals surface area contributed by atoms with Crippen molar-refractivity contribution in [2.75, 3.05) is 13.7 Å². The van der Waals surface area contributed by atoms with Crippen molar-refractivity contribution in [3.63, 3.8) is 0 Å². The summed E-state index contributed by atoms with van der Waals surface area (Å²) < 4.78 is 18.4. The Morgan fingerprint density at radius 3 is 2.30 bits per heavy atom. The molecule has 0 saturated carbocycles. The highest BCUT2D eigenvalue weighted by Gasteiger charge is 2.35. The molecule has 0 unspecified atom stereocenters. The summed E-state index contributed by atoms with van der Waals surface area (Å²) >= 11 is 1.23. The van der Waals surface area contributed by atoms with Gasteiger partial charge in [0.2, 0.25) is 0 Å². The van der Waals surface area contributed by atoms with Crippen molar-refractivity contribution < 1.29 is 23.5 Å². The Bertz CT molecular complexity index is 2120. The van der Waals surface area contributed by atoms with E-state index in [0.717, 1.165) is 22.3 Å². The average molecular weight is 633 g/mol. The molecule has 9 heteroatoms. The van der Waals surface area contributed by atoms with E-state index in [1.165, 1.54) is 18.4 Å². The van der Waals surface area contributed by atoms with Crippen LogP contribution in [0.4, 0.5) is 0 Å². The van der Waals surface area contributed by atoms with Gasteiger partial charge in [-0.3, -0.25) is 9.36 Å². The number of carbonyl (C=O) groups is 2. The molecule has 0 N–H and O–H groups in total. The fraction of sp³-hybridized carbons (Fsp3) is 0.189. The highest BCUT2D eigenvalue weighted by molar-refractivity contribution is 7.07. The monoisotopic (exact) mass is 632 g/mol. The van der Waals surface area contributed by atoms with Crippen molar-refractivity contribution in [3.05, 3.63) is 144 Å². The molecule has 0 bridgehead atoms. The zero-order chi connectivity index (χ0) is 32.4. The Morgan fingerprint density at radius 2 is 1.65 bits per heavy atom. The van der Waals surface area contributed by atoms with Gasteiger partial charge in [-0.1, -0.05) is 91.9 Å². The molecule has 0 spiro atoms. The smallest absolute Gasteiger partial charge is 0.338 e. The van der Waals surface area contributed by atoms with Crippen LogP contribution in [-0.2, 0) is 14.3 Å². The standard InChI is InChI=1S/C37H32N2O6S/c1-5-44-36(42)31-32(25-9-7-6-8-10-25)38-37-39(33(31)26-15-11-23(12-16-26)22(2)3)34(40)30(46-37)21-28-19-20-29(45-28)24-13-17-27(18-14-24)35(41)43-4/h6-22,33H,5H2,1-4H3/b30-21-/t33-/m0/s1. The number of ether oxygens (including phenoxy) is 2. The van der Waals surface area contributed by atoms with Gasteiger partial charge in [0.05, 0.1) is 41.1 Å². The minimum Gasteiger partial charge on any atom is -0.465 e. The van der Waals surface area contributed by atoms with Crippen molar-refractivity contribution >= 4 is 35.0 Å². The van der Waals surface area contributed by atoms with Crippen LogP contribution in [0, 0.1) is 0 Å². The summed E-state index contributed by atoms with van der Waals surface area (Å²) in [4.78, 5) is 45.0. The highest BCUT2D eigenvalue weighted by atomic mass is 32.1. The number of hydrogen-bond acceptors (Lipinski definition) is 8. The Morgan fingerprint density at radius 1 is 0.935 bits per heavy atom. The van der Waals surface area contributed by atoms with Crippen molar-refractivity contribution in [2.24, 2.45) is 4.99 Å². The first kappa shape index (κ1) is 30.7. The summed E-state index contributed by atoms with van der Waals surface area (Å²) in [6.07, 6.45) is 1.69. The van der Waals surface area contributed by atoms with E-state index in [4.69, 9.17) is 18.9 Å². The molecule has 0 amide bonds. The van der Waals surface area contributed by atoms with Gasteiger partial charge in [0, 0.05) is 17.2 Å². The van der Waals surface area contributed by atoms with Crippen molar-refractivity contribution in [1.82, 2.24) is 4.57 Å². The number of nitrogens with zero attached hydrogens (tertiary/aromatic N) is 2. The fourth-order valence-electron chi connectivity index (χ4n) is 5.42. The van der Waals surface area contributed by atoms with E-state index in [1.54, 1.807) is 47.9 Å². The first-order chi connectivity index (χ1) is 22.3. The number of fused-ring (bicyclic) bond motifs is 1. The van der Waals surface area contributed by atoms with E-state index < -0.39 is 18.0 Å². The summed E-state index contributed by atoms with van der Waals surface area (Å²) in [5, 5.41) is 0. The lowest BCUT2D eigenvalue weighted by molar-refractivity contribution is -0.138. The first-order valence-corrected chi connectivity index (χ1v) is 15.8.